The maximum atomic E-state index is 12.3. The first kappa shape index (κ1) is 20.4. The van der Waals surface area contributed by atoms with Gasteiger partial charge >= 0.3 is 12.1 Å². The van der Waals surface area contributed by atoms with E-state index in [1.54, 1.807) is 11.0 Å². The van der Waals surface area contributed by atoms with Crippen molar-refractivity contribution >= 4 is 17.9 Å². The molecule has 154 valence electrons. The van der Waals surface area contributed by atoms with Crippen LogP contribution in [0.3, 0.4) is 0 Å². The quantitative estimate of drug-likeness (QED) is 0.674. The molecule has 1 saturated heterocycles. The van der Waals surface area contributed by atoms with E-state index < -0.39 is 5.97 Å². The number of nitrogens with zero attached hydrogens (tertiary/aromatic N) is 4. The lowest BCUT2D eigenvalue weighted by Gasteiger charge is -2.34. The number of carbonyl (C=O) groups excluding carboxylic acids is 2. The van der Waals surface area contributed by atoms with Crippen molar-refractivity contribution in [3.63, 3.8) is 0 Å². The predicted molar refractivity (Wildman–Crippen MR) is 106 cm³/mol. The number of anilines is 1. The summed E-state index contributed by atoms with van der Waals surface area (Å²) >= 11 is 0. The fourth-order valence-electron chi connectivity index (χ4n) is 2.99. The standard InChI is InChI=1S/C20H24N4O5/c1-28-19(26)9-10-24-18(25)8-7-17(21-24)22-11-13-23(14-12-22)20(27)29-15-16-5-3-2-4-6-16/h2-8H,9-15H2,1H3. The number of piperazine rings is 1. The van der Waals surface area contributed by atoms with Gasteiger partial charge in [-0.3, -0.25) is 9.59 Å². The molecule has 0 spiro atoms. The van der Waals surface area contributed by atoms with Crippen LogP contribution in [0.4, 0.5) is 10.6 Å². The second-order valence-electron chi connectivity index (χ2n) is 6.59. The zero-order chi connectivity index (χ0) is 20.6. The third-order valence-corrected chi connectivity index (χ3v) is 4.67. The number of methoxy groups -OCH3 is 1. The van der Waals surface area contributed by atoms with Crippen LogP contribution in [-0.2, 0) is 27.4 Å². The van der Waals surface area contributed by atoms with Gasteiger partial charge in [-0.25, -0.2) is 9.48 Å². The van der Waals surface area contributed by atoms with Crippen LogP contribution in [0, 0.1) is 0 Å². The maximum Gasteiger partial charge on any atom is 0.410 e. The number of rotatable bonds is 6. The van der Waals surface area contributed by atoms with Crippen molar-refractivity contribution in [1.29, 1.82) is 0 Å². The zero-order valence-corrected chi connectivity index (χ0v) is 16.3. The average Bonchev–Trinajstić information content (AvgIpc) is 2.77. The van der Waals surface area contributed by atoms with Crippen LogP contribution in [0.15, 0.2) is 47.3 Å². The number of hydrogen-bond donors (Lipinski definition) is 0. The van der Waals surface area contributed by atoms with E-state index in [-0.39, 0.29) is 31.2 Å². The molecule has 1 fully saturated rings. The minimum absolute atomic E-state index is 0.0773. The van der Waals surface area contributed by atoms with Gasteiger partial charge in [0.05, 0.1) is 20.1 Å². The van der Waals surface area contributed by atoms with Gasteiger partial charge in [0.1, 0.15) is 12.4 Å². The van der Waals surface area contributed by atoms with Gasteiger partial charge in [-0.05, 0) is 11.6 Å². The van der Waals surface area contributed by atoms with Gasteiger partial charge < -0.3 is 19.3 Å². The van der Waals surface area contributed by atoms with Crippen LogP contribution in [-0.4, -0.2) is 60.0 Å². The third-order valence-electron chi connectivity index (χ3n) is 4.67. The minimum Gasteiger partial charge on any atom is -0.469 e. The summed E-state index contributed by atoms with van der Waals surface area (Å²) in [6.45, 7) is 2.54. The summed E-state index contributed by atoms with van der Waals surface area (Å²) in [6, 6.07) is 12.6. The molecule has 1 aliphatic heterocycles. The van der Waals surface area contributed by atoms with E-state index in [1.165, 1.54) is 17.9 Å². The molecule has 1 aromatic carbocycles. The van der Waals surface area contributed by atoms with Crippen LogP contribution in [0.2, 0.25) is 0 Å². The molecule has 0 aliphatic carbocycles. The molecular formula is C20H24N4O5. The summed E-state index contributed by atoms with van der Waals surface area (Å²) in [6.07, 6.45) is -0.266. The molecule has 2 aromatic rings. The van der Waals surface area contributed by atoms with Crippen LogP contribution in [0.1, 0.15) is 12.0 Å². The van der Waals surface area contributed by atoms with E-state index in [0.717, 1.165) is 5.56 Å². The fraction of sp³-hybridized carbons (Fsp3) is 0.400. The van der Waals surface area contributed by atoms with Crippen LogP contribution in [0.25, 0.3) is 0 Å². The van der Waals surface area contributed by atoms with Gasteiger partial charge in [-0.1, -0.05) is 30.3 Å². The van der Waals surface area contributed by atoms with Crippen molar-refractivity contribution in [2.24, 2.45) is 0 Å². The van der Waals surface area contributed by atoms with Gasteiger partial charge in [0, 0.05) is 32.2 Å². The number of benzene rings is 1. The number of carbonyl (C=O) groups is 2. The van der Waals surface area contributed by atoms with Crippen LogP contribution < -0.4 is 10.5 Å². The van der Waals surface area contributed by atoms with Gasteiger partial charge in [-0.2, -0.15) is 5.10 Å². The molecule has 0 unspecified atom stereocenters. The summed E-state index contributed by atoms with van der Waals surface area (Å²) < 4.78 is 11.2. The van der Waals surface area contributed by atoms with Crippen molar-refractivity contribution in [3.05, 3.63) is 58.4 Å². The van der Waals surface area contributed by atoms with Crippen LogP contribution >= 0.6 is 0 Å². The number of ether oxygens (including phenoxy) is 2. The number of amides is 1. The Hall–Kier alpha value is -3.36. The average molecular weight is 400 g/mol. The Kier molecular flexibility index (Phi) is 6.83. The van der Waals surface area contributed by atoms with Crippen molar-refractivity contribution in [1.82, 2.24) is 14.7 Å². The normalized spacial score (nSPS) is 13.8. The second kappa shape index (κ2) is 9.72. The van der Waals surface area contributed by atoms with E-state index in [4.69, 9.17) is 4.74 Å². The molecule has 0 atom stereocenters. The molecule has 1 amide bonds. The molecule has 1 aliphatic rings. The number of aryl methyl sites for hydroxylation is 1. The number of hydrogen-bond acceptors (Lipinski definition) is 7. The molecule has 3 rings (SSSR count). The lowest BCUT2D eigenvalue weighted by molar-refractivity contribution is -0.140. The molecule has 1 aromatic heterocycles. The van der Waals surface area contributed by atoms with Crippen LogP contribution in [0.5, 0.6) is 0 Å². The summed E-state index contributed by atoms with van der Waals surface area (Å²) in [5.74, 6) is 0.235. The van der Waals surface area contributed by atoms with Crippen molar-refractivity contribution in [2.45, 2.75) is 19.6 Å². The highest BCUT2D eigenvalue weighted by molar-refractivity contribution is 5.69. The molecule has 0 bridgehead atoms. The van der Waals surface area contributed by atoms with Crippen molar-refractivity contribution in [3.8, 4) is 0 Å². The van der Waals surface area contributed by atoms with Gasteiger partial charge in [0.25, 0.3) is 5.56 Å². The first-order chi connectivity index (χ1) is 14.1. The molecule has 9 nitrogen and oxygen atoms in total. The minimum atomic E-state index is -0.397. The first-order valence-electron chi connectivity index (χ1n) is 9.42. The Balaban J connectivity index is 1.52. The number of esters is 1. The Morgan fingerprint density at radius 1 is 1.03 bits per heavy atom. The zero-order valence-electron chi connectivity index (χ0n) is 16.3. The molecular weight excluding hydrogens is 376 g/mol. The van der Waals surface area contributed by atoms with E-state index in [2.05, 4.69) is 9.84 Å². The highest BCUT2D eigenvalue weighted by atomic mass is 16.6. The number of aromatic nitrogens is 2. The molecule has 0 radical (unpaired) electrons. The van der Waals surface area contributed by atoms with Gasteiger partial charge in [0.2, 0.25) is 0 Å². The lowest BCUT2D eigenvalue weighted by atomic mass is 10.2. The largest absolute Gasteiger partial charge is 0.469 e. The summed E-state index contributed by atoms with van der Waals surface area (Å²) in [5.41, 5.74) is 0.665. The van der Waals surface area contributed by atoms with Gasteiger partial charge in [-0.15, -0.1) is 0 Å². The van der Waals surface area contributed by atoms with E-state index in [0.29, 0.717) is 32.0 Å². The topological polar surface area (TPSA) is 94.0 Å². The SMILES string of the molecule is COC(=O)CCn1nc(N2CCN(C(=O)OCc3ccccc3)CC2)ccc1=O. The van der Waals surface area contributed by atoms with E-state index >= 15 is 0 Å². The Morgan fingerprint density at radius 2 is 1.76 bits per heavy atom. The Labute approximate surface area is 168 Å². The van der Waals surface area contributed by atoms with Crippen molar-refractivity contribution < 1.29 is 19.1 Å². The molecule has 0 saturated carbocycles. The maximum absolute atomic E-state index is 12.3. The lowest BCUT2D eigenvalue weighted by Crippen LogP contribution is -2.49. The Bertz CT molecular complexity index is 891. The second-order valence-corrected chi connectivity index (χ2v) is 6.59. The van der Waals surface area contributed by atoms with E-state index in [9.17, 15) is 14.4 Å². The summed E-state index contributed by atoms with van der Waals surface area (Å²) in [7, 11) is 1.30. The predicted octanol–water partition coefficient (Wildman–Crippen LogP) is 1.27. The van der Waals surface area contributed by atoms with E-state index in [1.807, 2.05) is 35.2 Å². The van der Waals surface area contributed by atoms with Crippen molar-refractivity contribution in [2.75, 3.05) is 38.2 Å². The third kappa shape index (κ3) is 5.56. The first-order valence-corrected chi connectivity index (χ1v) is 9.42. The molecule has 2 heterocycles. The summed E-state index contributed by atoms with van der Waals surface area (Å²) in [5, 5.41) is 4.34. The summed E-state index contributed by atoms with van der Waals surface area (Å²) in [4.78, 5) is 39.2. The Morgan fingerprint density at radius 3 is 2.45 bits per heavy atom. The monoisotopic (exact) mass is 400 g/mol. The van der Waals surface area contributed by atoms with Gasteiger partial charge in [0.15, 0.2) is 0 Å². The molecule has 9 heteroatoms. The highest BCUT2D eigenvalue weighted by Gasteiger charge is 2.23. The fourth-order valence-corrected chi connectivity index (χ4v) is 2.99. The highest BCUT2D eigenvalue weighted by Crippen LogP contribution is 2.13. The molecule has 29 heavy (non-hydrogen) atoms. The molecule has 0 N–H and O–H groups in total. The smallest absolute Gasteiger partial charge is 0.410 e.